The Morgan fingerprint density at radius 2 is 1.81 bits per heavy atom. The molecule has 2 fully saturated rings. The zero-order chi connectivity index (χ0) is 15.5. The van der Waals surface area contributed by atoms with Gasteiger partial charge in [-0.05, 0) is 69.9 Å². The Balaban J connectivity index is 1.99. The molecular weight excluding hydrogens is 256 g/mol. The first-order chi connectivity index (χ1) is 9.91. The lowest BCUT2D eigenvalue weighted by atomic mass is 9.67. The number of hydrogen-bond donors (Lipinski definition) is 1. The van der Waals surface area contributed by atoms with Gasteiger partial charge in [0.25, 0.3) is 0 Å². The van der Waals surface area contributed by atoms with E-state index in [1.54, 1.807) is 0 Å². The molecule has 0 aromatic carbocycles. The van der Waals surface area contributed by atoms with Crippen molar-refractivity contribution in [1.82, 2.24) is 10.2 Å². The van der Waals surface area contributed by atoms with E-state index in [1.165, 1.54) is 58.0 Å². The van der Waals surface area contributed by atoms with E-state index in [2.05, 4.69) is 45.0 Å². The van der Waals surface area contributed by atoms with E-state index < -0.39 is 0 Å². The van der Waals surface area contributed by atoms with Crippen LogP contribution >= 0.6 is 0 Å². The van der Waals surface area contributed by atoms with Crippen molar-refractivity contribution in [3.63, 3.8) is 0 Å². The predicted molar refractivity (Wildman–Crippen MR) is 92.6 cm³/mol. The third-order valence-electron chi connectivity index (χ3n) is 6.24. The molecule has 0 aromatic rings. The summed E-state index contributed by atoms with van der Waals surface area (Å²) in [4.78, 5) is 2.80. The van der Waals surface area contributed by atoms with E-state index in [-0.39, 0.29) is 0 Å². The monoisotopic (exact) mass is 294 g/mol. The summed E-state index contributed by atoms with van der Waals surface area (Å²) in [5.41, 5.74) is 0.474. The lowest BCUT2D eigenvalue weighted by Crippen LogP contribution is -2.48. The van der Waals surface area contributed by atoms with Crippen molar-refractivity contribution in [3.8, 4) is 0 Å². The van der Waals surface area contributed by atoms with Gasteiger partial charge in [0.2, 0.25) is 0 Å². The fraction of sp³-hybridized carbons (Fsp3) is 1.00. The van der Waals surface area contributed by atoms with Gasteiger partial charge in [0.1, 0.15) is 0 Å². The Morgan fingerprint density at radius 3 is 2.48 bits per heavy atom. The maximum Gasteiger partial charge on any atom is 0.0105 e. The number of likely N-dealkylation sites (tertiary alicyclic amines) is 1. The second-order valence-corrected chi connectivity index (χ2v) is 8.72. The van der Waals surface area contributed by atoms with Gasteiger partial charge < -0.3 is 10.2 Å². The van der Waals surface area contributed by atoms with Crippen LogP contribution in [-0.4, -0.2) is 37.1 Å². The van der Waals surface area contributed by atoms with E-state index in [0.29, 0.717) is 5.41 Å². The van der Waals surface area contributed by atoms with E-state index in [1.807, 2.05) is 0 Å². The fourth-order valence-corrected chi connectivity index (χ4v) is 4.54. The molecule has 0 spiro atoms. The highest BCUT2D eigenvalue weighted by atomic mass is 15.2. The Hall–Kier alpha value is -0.0800. The molecule has 0 bridgehead atoms. The number of nitrogens with zero attached hydrogens (tertiary/aromatic N) is 1. The molecule has 0 aromatic heterocycles. The van der Waals surface area contributed by atoms with Crippen LogP contribution < -0.4 is 5.32 Å². The zero-order valence-corrected chi connectivity index (χ0v) is 15.1. The Kier molecular flexibility index (Phi) is 6.14. The smallest absolute Gasteiger partial charge is 0.0105 e. The third-order valence-corrected chi connectivity index (χ3v) is 6.24. The standard InChI is InChI=1S/C19H38N2/c1-15-9-7-6-8-12-21(15)14-16-13-17(19(2,3)4)10-11-18(16)20-5/h15-18,20H,6-14H2,1-5H3. The Labute approximate surface area is 133 Å². The minimum absolute atomic E-state index is 0.474. The molecule has 2 heteroatoms. The number of nitrogens with one attached hydrogen (secondary N) is 1. The highest BCUT2D eigenvalue weighted by molar-refractivity contribution is 4.90. The zero-order valence-electron chi connectivity index (χ0n) is 15.1. The first-order valence-corrected chi connectivity index (χ1v) is 9.33. The summed E-state index contributed by atoms with van der Waals surface area (Å²) in [6, 6.07) is 1.53. The van der Waals surface area contributed by atoms with Gasteiger partial charge in [0.15, 0.2) is 0 Å². The lowest BCUT2D eigenvalue weighted by molar-refractivity contribution is 0.0787. The predicted octanol–water partition coefficient (Wildman–Crippen LogP) is 4.30. The molecule has 21 heavy (non-hydrogen) atoms. The number of rotatable bonds is 3. The third kappa shape index (κ3) is 4.69. The Morgan fingerprint density at radius 1 is 1.05 bits per heavy atom. The lowest BCUT2D eigenvalue weighted by Gasteiger charge is -2.44. The molecule has 2 aliphatic rings. The molecule has 1 saturated carbocycles. The second-order valence-electron chi connectivity index (χ2n) is 8.72. The van der Waals surface area contributed by atoms with Crippen molar-refractivity contribution in [2.24, 2.45) is 17.3 Å². The van der Waals surface area contributed by atoms with Crippen LogP contribution in [0.25, 0.3) is 0 Å². The summed E-state index contributed by atoms with van der Waals surface area (Å²) >= 11 is 0. The van der Waals surface area contributed by atoms with Gasteiger partial charge in [-0.25, -0.2) is 0 Å². The first kappa shape index (κ1) is 17.3. The molecule has 1 heterocycles. The maximum absolute atomic E-state index is 3.62. The van der Waals surface area contributed by atoms with Gasteiger partial charge in [-0.3, -0.25) is 0 Å². The van der Waals surface area contributed by atoms with Crippen LogP contribution in [-0.2, 0) is 0 Å². The average Bonchev–Trinajstić information content (AvgIpc) is 2.63. The van der Waals surface area contributed by atoms with Gasteiger partial charge in [-0.2, -0.15) is 0 Å². The molecule has 4 unspecified atom stereocenters. The van der Waals surface area contributed by atoms with Crippen molar-refractivity contribution in [3.05, 3.63) is 0 Å². The summed E-state index contributed by atoms with van der Waals surface area (Å²) < 4.78 is 0. The Bertz CT molecular complexity index is 307. The van der Waals surface area contributed by atoms with Gasteiger partial charge in [0.05, 0.1) is 0 Å². The quantitative estimate of drug-likeness (QED) is 0.835. The van der Waals surface area contributed by atoms with Gasteiger partial charge in [-0.15, -0.1) is 0 Å². The molecule has 1 N–H and O–H groups in total. The van der Waals surface area contributed by atoms with Crippen molar-refractivity contribution in [2.45, 2.75) is 84.7 Å². The van der Waals surface area contributed by atoms with E-state index in [9.17, 15) is 0 Å². The normalized spacial score (nSPS) is 36.4. The minimum atomic E-state index is 0.474. The van der Waals surface area contributed by atoms with Crippen LogP contribution in [0.4, 0.5) is 0 Å². The van der Waals surface area contributed by atoms with Gasteiger partial charge >= 0.3 is 0 Å². The highest BCUT2D eigenvalue weighted by Gasteiger charge is 2.36. The summed E-state index contributed by atoms with van der Waals surface area (Å²) in [5.74, 6) is 1.74. The van der Waals surface area contributed by atoms with Crippen LogP contribution in [0.3, 0.4) is 0 Å². The molecule has 2 rings (SSSR count). The molecule has 2 nitrogen and oxygen atoms in total. The molecule has 1 saturated heterocycles. The second kappa shape index (κ2) is 7.46. The van der Waals surface area contributed by atoms with Crippen LogP contribution in [0.15, 0.2) is 0 Å². The van der Waals surface area contributed by atoms with Crippen molar-refractivity contribution in [1.29, 1.82) is 0 Å². The minimum Gasteiger partial charge on any atom is -0.317 e. The molecule has 124 valence electrons. The van der Waals surface area contributed by atoms with Crippen LogP contribution in [0.1, 0.15) is 72.6 Å². The molecule has 1 aliphatic heterocycles. The number of hydrogen-bond acceptors (Lipinski definition) is 2. The van der Waals surface area contributed by atoms with E-state index >= 15 is 0 Å². The fourth-order valence-electron chi connectivity index (χ4n) is 4.54. The van der Waals surface area contributed by atoms with Crippen LogP contribution in [0.2, 0.25) is 0 Å². The molecule has 4 atom stereocenters. The van der Waals surface area contributed by atoms with Gasteiger partial charge in [-0.1, -0.05) is 33.6 Å². The highest BCUT2D eigenvalue weighted by Crippen LogP contribution is 2.40. The summed E-state index contributed by atoms with van der Waals surface area (Å²) in [6.07, 6.45) is 9.86. The van der Waals surface area contributed by atoms with Crippen LogP contribution in [0, 0.1) is 17.3 Å². The molecule has 0 radical (unpaired) electrons. The summed E-state index contributed by atoms with van der Waals surface area (Å²) in [5, 5.41) is 3.62. The summed E-state index contributed by atoms with van der Waals surface area (Å²) in [7, 11) is 2.17. The van der Waals surface area contributed by atoms with Gasteiger partial charge in [0, 0.05) is 18.6 Å². The maximum atomic E-state index is 3.62. The molecular formula is C19H38N2. The van der Waals surface area contributed by atoms with Crippen molar-refractivity contribution in [2.75, 3.05) is 20.1 Å². The first-order valence-electron chi connectivity index (χ1n) is 9.33. The van der Waals surface area contributed by atoms with E-state index in [0.717, 1.165) is 23.9 Å². The van der Waals surface area contributed by atoms with E-state index in [4.69, 9.17) is 0 Å². The largest absolute Gasteiger partial charge is 0.317 e. The topological polar surface area (TPSA) is 15.3 Å². The molecule has 0 amide bonds. The summed E-state index contributed by atoms with van der Waals surface area (Å²) in [6.45, 7) is 12.4. The SMILES string of the molecule is CNC1CCC(C(C)(C)C)CC1CN1CCCCCC1C. The van der Waals surface area contributed by atoms with Crippen LogP contribution in [0.5, 0.6) is 0 Å². The molecule has 1 aliphatic carbocycles. The van der Waals surface area contributed by atoms with Crippen molar-refractivity contribution < 1.29 is 0 Å². The van der Waals surface area contributed by atoms with Crippen molar-refractivity contribution >= 4 is 0 Å². The average molecular weight is 295 g/mol.